The highest BCUT2D eigenvalue weighted by atomic mass is 16.6. The number of aromatic nitrogens is 3. The molecule has 10 nitrogen and oxygen atoms in total. The number of nitro benzene ring substituents is 1. The lowest BCUT2D eigenvalue weighted by atomic mass is 10.1. The third-order valence-corrected chi connectivity index (χ3v) is 4.11. The van der Waals surface area contributed by atoms with Crippen LogP contribution in [0.25, 0.3) is 0 Å². The van der Waals surface area contributed by atoms with Gasteiger partial charge in [-0.25, -0.2) is 14.5 Å². The Morgan fingerprint density at radius 2 is 1.97 bits per heavy atom. The van der Waals surface area contributed by atoms with E-state index >= 15 is 0 Å². The van der Waals surface area contributed by atoms with Gasteiger partial charge in [0.05, 0.1) is 28.3 Å². The van der Waals surface area contributed by atoms with Crippen molar-refractivity contribution in [2.75, 3.05) is 11.9 Å². The van der Waals surface area contributed by atoms with E-state index in [9.17, 15) is 19.7 Å². The molecule has 148 valence electrons. The first-order valence-electron chi connectivity index (χ1n) is 8.56. The van der Waals surface area contributed by atoms with E-state index < -0.39 is 23.4 Å². The number of esters is 1. The predicted molar refractivity (Wildman–Crippen MR) is 102 cm³/mol. The SMILES string of the molecule is Cc1c(NC(=O)COC(=O)c2ccc(Cn3cncn3)cc2)cccc1[N+](=O)[O-]. The van der Waals surface area contributed by atoms with Crippen molar-refractivity contribution in [2.45, 2.75) is 13.5 Å². The summed E-state index contributed by atoms with van der Waals surface area (Å²) >= 11 is 0. The van der Waals surface area contributed by atoms with Crippen LogP contribution in [-0.2, 0) is 16.1 Å². The molecule has 0 radical (unpaired) electrons. The van der Waals surface area contributed by atoms with Crippen LogP contribution in [-0.4, -0.2) is 38.2 Å². The van der Waals surface area contributed by atoms with Crippen LogP contribution in [0.3, 0.4) is 0 Å². The number of rotatable bonds is 7. The summed E-state index contributed by atoms with van der Waals surface area (Å²) in [6, 6.07) is 11.0. The molecule has 0 saturated heterocycles. The van der Waals surface area contributed by atoms with Gasteiger partial charge in [0.2, 0.25) is 0 Å². The van der Waals surface area contributed by atoms with Crippen LogP contribution in [0.15, 0.2) is 55.1 Å². The minimum Gasteiger partial charge on any atom is -0.452 e. The molecule has 1 amide bonds. The molecule has 0 fully saturated rings. The van der Waals surface area contributed by atoms with Gasteiger partial charge in [0, 0.05) is 6.07 Å². The highest BCUT2D eigenvalue weighted by Gasteiger charge is 2.16. The number of benzene rings is 2. The maximum Gasteiger partial charge on any atom is 0.338 e. The average molecular weight is 395 g/mol. The van der Waals surface area contributed by atoms with Crippen LogP contribution in [0.4, 0.5) is 11.4 Å². The highest BCUT2D eigenvalue weighted by Crippen LogP contribution is 2.24. The maximum atomic E-state index is 12.1. The lowest BCUT2D eigenvalue weighted by Gasteiger charge is -2.09. The number of hydrogen-bond acceptors (Lipinski definition) is 7. The van der Waals surface area contributed by atoms with E-state index in [2.05, 4.69) is 15.4 Å². The summed E-state index contributed by atoms with van der Waals surface area (Å²) < 4.78 is 6.66. The number of hydrogen-bond donors (Lipinski definition) is 1. The van der Waals surface area contributed by atoms with Crippen LogP contribution in [0.1, 0.15) is 21.5 Å². The van der Waals surface area contributed by atoms with Gasteiger partial charge in [-0.05, 0) is 30.7 Å². The molecule has 0 spiro atoms. The van der Waals surface area contributed by atoms with Gasteiger partial charge >= 0.3 is 5.97 Å². The van der Waals surface area contributed by atoms with Gasteiger partial charge in [0.15, 0.2) is 6.61 Å². The Labute approximate surface area is 165 Å². The van der Waals surface area contributed by atoms with Gasteiger partial charge in [0.25, 0.3) is 11.6 Å². The van der Waals surface area contributed by atoms with E-state index in [4.69, 9.17) is 4.74 Å². The number of nitro groups is 1. The minimum atomic E-state index is -0.650. The molecule has 0 aliphatic heterocycles. The first-order valence-corrected chi connectivity index (χ1v) is 8.56. The molecule has 0 aliphatic rings. The number of carbonyl (C=O) groups excluding carboxylic acids is 2. The largest absolute Gasteiger partial charge is 0.452 e. The highest BCUT2D eigenvalue weighted by molar-refractivity contribution is 5.96. The van der Waals surface area contributed by atoms with E-state index in [0.717, 1.165) is 5.56 Å². The predicted octanol–water partition coefficient (Wildman–Crippen LogP) is 2.34. The van der Waals surface area contributed by atoms with Crippen molar-refractivity contribution in [1.29, 1.82) is 0 Å². The molecule has 10 heteroatoms. The quantitative estimate of drug-likeness (QED) is 0.369. The third kappa shape index (κ3) is 5.01. The molecule has 0 saturated carbocycles. The molecule has 0 unspecified atom stereocenters. The van der Waals surface area contributed by atoms with Crippen molar-refractivity contribution in [1.82, 2.24) is 14.8 Å². The molecule has 0 aliphatic carbocycles. The van der Waals surface area contributed by atoms with Crippen molar-refractivity contribution >= 4 is 23.3 Å². The summed E-state index contributed by atoms with van der Waals surface area (Å²) in [6.07, 6.45) is 3.02. The molecule has 1 aromatic heterocycles. The lowest BCUT2D eigenvalue weighted by Crippen LogP contribution is -2.21. The van der Waals surface area contributed by atoms with Gasteiger partial charge < -0.3 is 10.1 Å². The van der Waals surface area contributed by atoms with Crippen LogP contribution < -0.4 is 5.32 Å². The van der Waals surface area contributed by atoms with Crippen molar-refractivity contribution in [3.05, 3.63) is 81.9 Å². The van der Waals surface area contributed by atoms with E-state index in [-0.39, 0.29) is 11.4 Å². The van der Waals surface area contributed by atoms with Crippen LogP contribution >= 0.6 is 0 Å². The minimum absolute atomic E-state index is 0.106. The molecule has 3 aromatic rings. The van der Waals surface area contributed by atoms with Crippen molar-refractivity contribution in [3.63, 3.8) is 0 Å². The summed E-state index contributed by atoms with van der Waals surface area (Å²) in [7, 11) is 0. The van der Waals surface area contributed by atoms with Crippen LogP contribution in [0.5, 0.6) is 0 Å². The number of nitrogens with one attached hydrogen (secondary N) is 1. The second-order valence-electron chi connectivity index (χ2n) is 6.12. The molecule has 3 rings (SSSR count). The number of carbonyl (C=O) groups is 2. The average Bonchev–Trinajstić information content (AvgIpc) is 3.21. The molecule has 29 heavy (non-hydrogen) atoms. The Morgan fingerprint density at radius 1 is 1.21 bits per heavy atom. The topological polar surface area (TPSA) is 129 Å². The summed E-state index contributed by atoms with van der Waals surface area (Å²) in [6.45, 7) is 1.53. The number of anilines is 1. The summed E-state index contributed by atoms with van der Waals surface area (Å²) in [4.78, 5) is 38.5. The number of nitrogens with zero attached hydrogens (tertiary/aromatic N) is 4. The van der Waals surface area contributed by atoms with Crippen molar-refractivity contribution in [2.24, 2.45) is 0 Å². The van der Waals surface area contributed by atoms with E-state index in [1.807, 2.05) is 0 Å². The van der Waals surface area contributed by atoms with Gasteiger partial charge in [-0.3, -0.25) is 14.9 Å². The number of amides is 1. The zero-order chi connectivity index (χ0) is 20.8. The number of ether oxygens (including phenoxy) is 1. The van der Waals surface area contributed by atoms with Gasteiger partial charge in [0.1, 0.15) is 12.7 Å². The fourth-order valence-electron chi connectivity index (χ4n) is 2.61. The monoisotopic (exact) mass is 395 g/mol. The first-order chi connectivity index (χ1) is 13.9. The van der Waals surface area contributed by atoms with Gasteiger partial charge in [-0.15, -0.1) is 0 Å². The molecule has 1 N–H and O–H groups in total. The van der Waals surface area contributed by atoms with Gasteiger partial charge in [-0.1, -0.05) is 18.2 Å². The zero-order valence-electron chi connectivity index (χ0n) is 15.4. The molecule has 0 bridgehead atoms. The Bertz CT molecular complexity index is 1030. The van der Waals surface area contributed by atoms with E-state index in [1.165, 1.54) is 31.5 Å². The lowest BCUT2D eigenvalue weighted by molar-refractivity contribution is -0.385. The van der Waals surface area contributed by atoms with Crippen molar-refractivity contribution in [3.8, 4) is 0 Å². The smallest absolute Gasteiger partial charge is 0.338 e. The summed E-state index contributed by atoms with van der Waals surface area (Å²) in [5.74, 6) is -1.24. The molecule has 1 heterocycles. The summed E-state index contributed by atoms with van der Waals surface area (Å²) in [5, 5.41) is 17.5. The Balaban J connectivity index is 1.54. The maximum absolute atomic E-state index is 12.1. The van der Waals surface area contributed by atoms with Crippen LogP contribution in [0.2, 0.25) is 0 Å². The zero-order valence-corrected chi connectivity index (χ0v) is 15.4. The van der Waals surface area contributed by atoms with Gasteiger partial charge in [-0.2, -0.15) is 5.10 Å². The van der Waals surface area contributed by atoms with E-state index in [1.54, 1.807) is 35.3 Å². The van der Waals surface area contributed by atoms with Crippen LogP contribution in [0, 0.1) is 17.0 Å². The Kier molecular flexibility index (Phi) is 5.93. The Morgan fingerprint density at radius 3 is 2.62 bits per heavy atom. The summed E-state index contributed by atoms with van der Waals surface area (Å²) in [5.41, 5.74) is 1.72. The fourth-order valence-corrected chi connectivity index (χ4v) is 2.61. The molecule has 0 atom stereocenters. The third-order valence-electron chi connectivity index (χ3n) is 4.11. The second kappa shape index (κ2) is 8.74. The fraction of sp³-hybridized carbons (Fsp3) is 0.158. The normalized spacial score (nSPS) is 10.4. The Hall–Kier alpha value is -4.08. The molecule has 2 aromatic carbocycles. The second-order valence-corrected chi connectivity index (χ2v) is 6.12. The molecular formula is C19H17N5O5. The molecular weight excluding hydrogens is 378 g/mol. The van der Waals surface area contributed by atoms with Crippen molar-refractivity contribution < 1.29 is 19.2 Å². The van der Waals surface area contributed by atoms with E-state index in [0.29, 0.717) is 17.7 Å². The first kappa shape index (κ1) is 19.7. The standard InChI is InChI=1S/C19H17N5O5/c1-13-16(3-2-4-17(13)24(27)28)22-18(25)10-29-19(26)15-7-5-14(6-8-15)9-23-12-20-11-21-23/h2-8,11-12H,9-10H2,1H3,(H,22,25).